The average Bonchev–Trinajstić information content (AvgIpc) is 2.43. The summed E-state index contributed by atoms with van der Waals surface area (Å²) in [5.74, 6) is -0.403. The Hall–Kier alpha value is -1.91. The maximum Gasteiger partial charge on any atom is 0.289 e. The topological polar surface area (TPSA) is 54.4 Å². The summed E-state index contributed by atoms with van der Waals surface area (Å²) in [5, 5.41) is 4.73. The number of nitrogens with one attached hydrogen (secondary N) is 1. The molecular formula is C13H9Cl2N3O. The van der Waals surface area contributed by atoms with Gasteiger partial charge in [-0.1, -0.05) is 35.3 Å². The predicted octanol–water partition coefficient (Wildman–Crippen LogP) is 3.15. The zero-order valence-corrected chi connectivity index (χ0v) is 11.2. The van der Waals surface area contributed by atoms with E-state index in [0.29, 0.717) is 15.6 Å². The molecule has 0 spiro atoms. The van der Waals surface area contributed by atoms with Crippen molar-refractivity contribution in [1.82, 2.24) is 10.4 Å². The van der Waals surface area contributed by atoms with E-state index in [1.807, 2.05) is 0 Å². The Balaban J connectivity index is 2.07. The molecule has 0 fully saturated rings. The van der Waals surface area contributed by atoms with E-state index in [9.17, 15) is 4.79 Å². The van der Waals surface area contributed by atoms with E-state index in [0.717, 1.165) is 0 Å². The van der Waals surface area contributed by atoms with Crippen LogP contribution in [-0.4, -0.2) is 17.1 Å². The quantitative estimate of drug-likeness (QED) is 0.698. The van der Waals surface area contributed by atoms with Gasteiger partial charge in [-0.05, 0) is 24.3 Å². The zero-order valence-electron chi connectivity index (χ0n) is 9.68. The van der Waals surface area contributed by atoms with Gasteiger partial charge in [-0.3, -0.25) is 9.78 Å². The lowest BCUT2D eigenvalue weighted by molar-refractivity contribution is 0.0950. The third-order valence-electron chi connectivity index (χ3n) is 2.26. The standard InChI is InChI=1S/C13H9Cl2N3O/c14-10-4-3-5-11(15)9(10)8-17-18-13(19)12-6-1-2-7-16-12/h1-8H,(H,18,19). The predicted molar refractivity (Wildman–Crippen MR) is 75.8 cm³/mol. The molecule has 96 valence electrons. The minimum absolute atomic E-state index is 0.282. The van der Waals surface area contributed by atoms with Crippen LogP contribution in [-0.2, 0) is 0 Å². The summed E-state index contributed by atoms with van der Waals surface area (Å²) < 4.78 is 0. The first-order valence-corrected chi connectivity index (χ1v) is 6.12. The molecule has 0 bridgehead atoms. The van der Waals surface area contributed by atoms with Crippen molar-refractivity contribution >= 4 is 35.3 Å². The Bertz CT molecular complexity index is 594. The van der Waals surface area contributed by atoms with Crippen molar-refractivity contribution in [2.24, 2.45) is 5.10 Å². The van der Waals surface area contributed by atoms with Crippen molar-refractivity contribution in [3.05, 3.63) is 63.9 Å². The number of carbonyl (C=O) groups is 1. The largest absolute Gasteiger partial charge is 0.289 e. The Labute approximate surface area is 120 Å². The molecule has 2 aromatic rings. The van der Waals surface area contributed by atoms with Gasteiger partial charge in [0.05, 0.1) is 16.3 Å². The molecule has 19 heavy (non-hydrogen) atoms. The highest BCUT2D eigenvalue weighted by molar-refractivity contribution is 6.38. The molecule has 4 nitrogen and oxygen atoms in total. The van der Waals surface area contributed by atoms with E-state index < -0.39 is 5.91 Å². The van der Waals surface area contributed by atoms with Crippen molar-refractivity contribution in [3.63, 3.8) is 0 Å². The molecule has 0 aliphatic heterocycles. The number of carbonyl (C=O) groups excluding carboxylic acids is 1. The SMILES string of the molecule is O=C(NN=Cc1c(Cl)cccc1Cl)c1ccccn1. The van der Waals surface area contributed by atoms with Gasteiger partial charge < -0.3 is 0 Å². The van der Waals surface area contributed by atoms with Crippen LogP contribution in [0.2, 0.25) is 10.0 Å². The first-order valence-electron chi connectivity index (χ1n) is 5.37. The van der Waals surface area contributed by atoms with Crippen molar-refractivity contribution in [2.75, 3.05) is 0 Å². The van der Waals surface area contributed by atoms with E-state index in [1.165, 1.54) is 12.4 Å². The van der Waals surface area contributed by atoms with E-state index in [-0.39, 0.29) is 5.69 Å². The van der Waals surface area contributed by atoms with Crippen LogP contribution < -0.4 is 5.43 Å². The number of hydrazone groups is 1. The van der Waals surface area contributed by atoms with Gasteiger partial charge in [0, 0.05) is 11.8 Å². The van der Waals surface area contributed by atoms with Crippen molar-refractivity contribution < 1.29 is 4.79 Å². The third kappa shape index (κ3) is 3.53. The molecule has 0 atom stereocenters. The van der Waals surface area contributed by atoms with Crippen LogP contribution in [0.15, 0.2) is 47.7 Å². The van der Waals surface area contributed by atoms with E-state index >= 15 is 0 Å². The molecule has 1 N–H and O–H groups in total. The highest BCUT2D eigenvalue weighted by Gasteiger charge is 2.05. The number of pyridine rings is 1. The monoisotopic (exact) mass is 293 g/mol. The maximum atomic E-state index is 11.7. The summed E-state index contributed by atoms with van der Waals surface area (Å²) in [6, 6.07) is 10.1. The van der Waals surface area contributed by atoms with Crippen LogP contribution in [0.25, 0.3) is 0 Å². The summed E-state index contributed by atoms with van der Waals surface area (Å²) >= 11 is 11.9. The Morgan fingerprint density at radius 3 is 2.53 bits per heavy atom. The van der Waals surface area contributed by atoms with E-state index in [4.69, 9.17) is 23.2 Å². The van der Waals surface area contributed by atoms with Crippen LogP contribution in [0.3, 0.4) is 0 Å². The number of halogens is 2. The van der Waals surface area contributed by atoms with E-state index in [2.05, 4.69) is 15.5 Å². The second-order valence-corrected chi connectivity index (χ2v) is 4.36. The maximum absolute atomic E-state index is 11.7. The highest BCUT2D eigenvalue weighted by atomic mass is 35.5. The first-order chi connectivity index (χ1) is 9.18. The molecule has 6 heteroatoms. The molecule has 0 radical (unpaired) electrons. The Morgan fingerprint density at radius 2 is 1.89 bits per heavy atom. The summed E-state index contributed by atoms with van der Waals surface area (Å²) in [4.78, 5) is 15.6. The van der Waals surface area contributed by atoms with Gasteiger partial charge in [0.25, 0.3) is 5.91 Å². The molecule has 1 heterocycles. The van der Waals surface area contributed by atoms with Gasteiger partial charge in [0.15, 0.2) is 0 Å². The first kappa shape index (κ1) is 13.5. The van der Waals surface area contributed by atoms with Crippen LogP contribution in [0.4, 0.5) is 0 Å². The summed E-state index contributed by atoms with van der Waals surface area (Å²) in [6.45, 7) is 0. The van der Waals surface area contributed by atoms with Gasteiger partial charge in [0.1, 0.15) is 5.69 Å². The van der Waals surface area contributed by atoms with E-state index in [1.54, 1.807) is 36.4 Å². The zero-order chi connectivity index (χ0) is 13.7. The minimum Gasteiger partial charge on any atom is -0.266 e. The third-order valence-corrected chi connectivity index (χ3v) is 2.92. The second-order valence-electron chi connectivity index (χ2n) is 3.55. The summed E-state index contributed by atoms with van der Waals surface area (Å²) in [7, 11) is 0. The van der Waals surface area contributed by atoms with Gasteiger partial charge in [-0.15, -0.1) is 0 Å². The summed E-state index contributed by atoms with van der Waals surface area (Å²) in [6.07, 6.45) is 2.93. The molecule has 1 aromatic carbocycles. The molecule has 0 saturated carbocycles. The molecule has 0 saturated heterocycles. The van der Waals surface area contributed by atoms with Crippen molar-refractivity contribution in [3.8, 4) is 0 Å². The number of hydrogen-bond acceptors (Lipinski definition) is 3. The minimum atomic E-state index is -0.403. The van der Waals surface area contributed by atoms with Gasteiger partial charge in [-0.25, -0.2) is 5.43 Å². The molecule has 1 aromatic heterocycles. The van der Waals surface area contributed by atoms with Gasteiger partial charge >= 0.3 is 0 Å². The fourth-order valence-corrected chi connectivity index (χ4v) is 1.84. The Morgan fingerprint density at radius 1 is 1.16 bits per heavy atom. The lowest BCUT2D eigenvalue weighted by atomic mass is 10.2. The molecule has 0 aliphatic rings. The number of rotatable bonds is 3. The van der Waals surface area contributed by atoms with Gasteiger partial charge in [-0.2, -0.15) is 5.10 Å². The fraction of sp³-hybridized carbons (Fsp3) is 0. The van der Waals surface area contributed by atoms with Crippen molar-refractivity contribution in [2.45, 2.75) is 0 Å². The van der Waals surface area contributed by atoms with Crippen molar-refractivity contribution in [1.29, 1.82) is 0 Å². The molecule has 0 unspecified atom stereocenters. The van der Waals surface area contributed by atoms with Crippen LogP contribution in [0.5, 0.6) is 0 Å². The lowest BCUT2D eigenvalue weighted by Crippen LogP contribution is -2.18. The van der Waals surface area contributed by atoms with Crippen LogP contribution >= 0.6 is 23.2 Å². The number of amides is 1. The number of nitrogens with zero attached hydrogens (tertiary/aromatic N) is 2. The van der Waals surface area contributed by atoms with Crippen LogP contribution in [0, 0.1) is 0 Å². The number of aromatic nitrogens is 1. The second kappa shape index (κ2) is 6.31. The molecule has 0 aliphatic carbocycles. The normalized spacial score (nSPS) is 10.6. The Kier molecular flexibility index (Phi) is 4.49. The molecule has 1 amide bonds. The number of benzene rings is 1. The smallest absolute Gasteiger partial charge is 0.266 e. The van der Waals surface area contributed by atoms with Crippen LogP contribution in [0.1, 0.15) is 16.1 Å². The molecule has 2 rings (SSSR count). The number of hydrogen-bond donors (Lipinski definition) is 1. The average molecular weight is 294 g/mol. The fourth-order valence-electron chi connectivity index (χ4n) is 1.34. The highest BCUT2D eigenvalue weighted by Crippen LogP contribution is 2.21. The van der Waals surface area contributed by atoms with Gasteiger partial charge in [0.2, 0.25) is 0 Å². The molecular weight excluding hydrogens is 285 g/mol. The lowest BCUT2D eigenvalue weighted by Gasteiger charge is -2.01. The summed E-state index contributed by atoms with van der Waals surface area (Å²) in [5.41, 5.74) is 3.18.